The van der Waals surface area contributed by atoms with Crippen LogP contribution in [0, 0.1) is 11.3 Å². The van der Waals surface area contributed by atoms with Crippen LogP contribution in [0.5, 0.6) is 5.75 Å². The molecule has 1 aromatic carbocycles. The number of nitrogens with one attached hydrogen (secondary N) is 1. The zero-order valence-corrected chi connectivity index (χ0v) is 17.1. The van der Waals surface area contributed by atoms with Crippen LogP contribution in [0.1, 0.15) is 44.2 Å². The molecule has 2 aliphatic heterocycles. The van der Waals surface area contributed by atoms with Crippen molar-refractivity contribution < 1.29 is 9.53 Å². The van der Waals surface area contributed by atoms with E-state index < -0.39 is 0 Å². The molecule has 1 amide bonds. The Hall–Kier alpha value is -2.10. The fourth-order valence-electron chi connectivity index (χ4n) is 4.14. The van der Waals surface area contributed by atoms with E-state index in [9.17, 15) is 10.1 Å². The van der Waals surface area contributed by atoms with Crippen molar-refractivity contribution >= 4 is 5.91 Å². The average molecular weight is 385 g/mol. The molecule has 6 heteroatoms. The fourth-order valence-corrected chi connectivity index (χ4v) is 4.14. The van der Waals surface area contributed by atoms with Gasteiger partial charge in [-0.15, -0.1) is 0 Å². The van der Waals surface area contributed by atoms with E-state index in [-0.39, 0.29) is 18.0 Å². The number of likely N-dealkylation sites (tertiary alicyclic amines) is 1. The van der Waals surface area contributed by atoms with E-state index in [1.54, 1.807) is 4.90 Å². The van der Waals surface area contributed by atoms with Crippen molar-refractivity contribution in [2.75, 3.05) is 32.8 Å². The maximum Gasteiger partial charge on any atom is 0.241 e. The smallest absolute Gasteiger partial charge is 0.241 e. The molecule has 1 N–H and O–H groups in total. The predicted molar refractivity (Wildman–Crippen MR) is 109 cm³/mol. The predicted octanol–water partition coefficient (Wildman–Crippen LogP) is 2.33. The normalized spacial score (nSPS) is 21.4. The van der Waals surface area contributed by atoms with Crippen molar-refractivity contribution in [1.29, 1.82) is 5.26 Å². The minimum atomic E-state index is -0.261. The van der Waals surface area contributed by atoms with Crippen molar-refractivity contribution in [3.63, 3.8) is 0 Å². The summed E-state index contributed by atoms with van der Waals surface area (Å²) in [6.45, 7) is 9.65. The van der Waals surface area contributed by atoms with E-state index in [0.717, 1.165) is 44.6 Å². The van der Waals surface area contributed by atoms with Crippen LogP contribution in [-0.4, -0.2) is 60.6 Å². The number of amides is 1. The highest BCUT2D eigenvalue weighted by atomic mass is 16.5. The molecule has 28 heavy (non-hydrogen) atoms. The van der Waals surface area contributed by atoms with Crippen LogP contribution < -0.4 is 10.1 Å². The Balaban J connectivity index is 1.52. The van der Waals surface area contributed by atoms with Crippen LogP contribution in [-0.2, 0) is 17.8 Å². The van der Waals surface area contributed by atoms with Crippen molar-refractivity contribution in [2.45, 2.75) is 58.2 Å². The molecule has 1 fully saturated rings. The van der Waals surface area contributed by atoms with E-state index in [2.05, 4.69) is 42.3 Å². The van der Waals surface area contributed by atoms with Gasteiger partial charge in [-0.1, -0.05) is 19.9 Å². The third-order valence-electron chi connectivity index (χ3n) is 5.91. The van der Waals surface area contributed by atoms with Gasteiger partial charge in [0, 0.05) is 19.6 Å². The summed E-state index contributed by atoms with van der Waals surface area (Å²) in [6.07, 6.45) is 3.40. The van der Waals surface area contributed by atoms with Gasteiger partial charge in [-0.2, -0.15) is 5.26 Å². The highest BCUT2D eigenvalue weighted by Gasteiger charge is 2.34. The third-order valence-corrected chi connectivity index (χ3v) is 5.91. The number of rotatable bonds is 8. The Labute approximate surface area is 168 Å². The summed E-state index contributed by atoms with van der Waals surface area (Å²) >= 11 is 0. The molecule has 152 valence electrons. The van der Waals surface area contributed by atoms with Gasteiger partial charge in [-0.3, -0.25) is 4.79 Å². The second-order valence-electron chi connectivity index (χ2n) is 7.62. The highest BCUT2D eigenvalue weighted by Crippen LogP contribution is 2.25. The zero-order valence-electron chi connectivity index (χ0n) is 17.1. The molecule has 0 spiro atoms. The second kappa shape index (κ2) is 9.90. The topological polar surface area (TPSA) is 68.6 Å². The van der Waals surface area contributed by atoms with Gasteiger partial charge < -0.3 is 19.9 Å². The summed E-state index contributed by atoms with van der Waals surface area (Å²) < 4.78 is 5.93. The van der Waals surface area contributed by atoms with E-state index >= 15 is 0 Å². The Morgan fingerprint density at radius 3 is 2.93 bits per heavy atom. The Kier molecular flexibility index (Phi) is 7.30. The van der Waals surface area contributed by atoms with Crippen LogP contribution in [0.25, 0.3) is 0 Å². The molecule has 0 bridgehead atoms. The quantitative estimate of drug-likeness (QED) is 0.697. The number of ether oxygens (including phenoxy) is 1. The summed E-state index contributed by atoms with van der Waals surface area (Å²) in [4.78, 5) is 17.0. The average Bonchev–Trinajstić information content (AvgIpc) is 3.21. The molecule has 0 aromatic heterocycles. The second-order valence-corrected chi connectivity index (χ2v) is 7.62. The Morgan fingerprint density at radius 1 is 1.36 bits per heavy atom. The molecule has 1 aromatic rings. The summed E-state index contributed by atoms with van der Waals surface area (Å²) in [5, 5.41) is 12.6. The Bertz CT molecular complexity index is 711. The largest absolute Gasteiger partial charge is 0.494 e. The van der Waals surface area contributed by atoms with Gasteiger partial charge in [-0.25, -0.2) is 0 Å². The number of benzene rings is 1. The van der Waals surface area contributed by atoms with E-state index in [1.165, 1.54) is 11.1 Å². The SMILES string of the molecule is CCN(CC)CCCOc1ccc2c(c1)CNC(C(=O)N1CCCC1C#N)C2. The first-order valence-electron chi connectivity index (χ1n) is 10.6. The first-order chi connectivity index (χ1) is 13.7. The first-order valence-corrected chi connectivity index (χ1v) is 10.6. The van der Waals surface area contributed by atoms with Crippen molar-refractivity contribution in [2.24, 2.45) is 0 Å². The highest BCUT2D eigenvalue weighted by molar-refractivity contribution is 5.83. The van der Waals surface area contributed by atoms with E-state index in [1.807, 2.05) is 6.07 Å². The standard InChI is InChI=1S/C22H32N4O2/c1-3-25(4-2)10-6-12-28-20-9-8-17-14-21(24-16-18(17)13-20)22(27)26-11-5-7-19(26)15-23/h8-9,13,19,21,24H,3-7,10-12,14,16H2,1-2H3. The van der Waals surface area contributed by atoms with Gasteiger partial charge in [0.15, 0.2) is 0 Å². The minimum absolute atomic E-state index is 0.0615. The summed E-state index contributed by atoms with van der Waals surface area (Å²) in [5.74, 6) is 0.959. The van der Waals surface area contributed by atoms with Crippen molar-refractivity contribution in [3.05, 3.63) is 29.3 Å². The minimum Gasteiger partial charge on any atom is -0.494 e. The lowest BCUT2D eigenvalue weighted by Crippen LogP contribution is -2.50. The number of nitriles is 1. The molecule has 0 aliphatic carbocycles. The number of nitrogens with zero attached hydrogens (tertiary/aromatic N) is 3. The summed E-state index contributed by atoms with van der Waals surface area (Å²) in [5.41, 5.74) is 2.39. The van der Waals surface area contributed by atoms with Gasteiger partial charge in [0.1, 0.15) is 11.8 Å². The Morgan fingerprint density at radius 2 is 2.18 bits per heavy atom. The molecule has 0 saturated carbocycles. The van der Waals surface area contributed by atoms with Gasteiger partial charge >= 0.3 is 0 Å². The summed E-state index contributed by atoms with van der Waals surface area (Å²) in [7, 11) is 0. The fraction of sp³-hybridized carbons (Fsp3) is 0.636. The van der Waals surface area contributed by atoms with Crippen LogP contribution in [0.2, 0.25) is 0 Å². The van der Waals surface area contributed by atoms with Crippen LogP contribution in [0.15, 0.2) is 18.2 Å². The molecular weight excluding hydrogens is 352 g/mol. The van der Waals surface area contributed by atoms with Crippen molar-refractivity contribution in [3.8, 4) is 11.8 Å². The molecular formula is C22H32N4O2. The number of carbonyl (C=O) groups excluding carboxylic acids is 1. The van der Waals surface area contributed by atoms with Crippen LogP contribution in [0.3, 0.4) is 0 Å². The lowest BCUT2D eigenvalue weighted by Gasteiger charge is -2.30. The number of carbonyl (C=O) groups is 1. The zero-order chi connectivity index (χ0) is 19.9. The maximum absolute atomic E-state index is 12.8. The number of hydrogen-bond donors (Lipinski definition) is 1. The molecule has 2 atom stereocenters. The molecule has 0 radical (unpaired) electrons. The first kappa shape index (κ1) is 20.6. The van der Waals surface area contributed by atoms with Crippen molar-refractivity contribution in [1.82, 2.24) is 15.1 Å². The van der Waals surface area contributed by atoms with Gasteiger partial charge in [0.2, 0.25) is 5.91 Å². The van der Waals surface area contributed by atoms with E-state index in [4.69, 9.17) is 4.74 Å². The lowest BCUT2D eigenvalue weighted by molar-refractivity contribution is -0.133. The molecule has 2 unspecified atom stereocenters. The summed E-state index contributed by atoms with van der Waals surface area (Å²) in [6, 6.07) is 7.95. The number of hydrogen-bond acceptors (Lipinski definition) is 5. The molecule has 2 aliphatic rings. The van der Waals surface area contributed by atoms with Gasteiger partial charge in [0.25, 0.3) is 0 Å². The monoisotopic (exact) mass is 384 g/mol. The number of fused-ring (bicyclic) bond motifs is 1. The molecule has 6 nitrogen and oxygen atoms in total. The molecule has 3 rings (SSSR count). The van der Waals surface area contributed by atoms with E-state index in [0.29, 0.717) is 26.1 Å². The van der Waals surface area contributed by atoms with Gasteiger partial charge in [-0.05, 0) is 62.0 Å². The third kappa shape index (κ3) is 4.84. The van der Waals surface area contributed by atoms with Crippen LogP contribution in [0.4, 0.5) is 0 Å². The maximum atomic E-state index is 12.8. The molecule has 2 heterocycles. The lowest BCUT2D eigenvalue weighted by atomic mass is 9.94. The van der Waals surface area contributed by atoms with Crippen LogP contribution >= 0.6 is 0 Å². The van der Waals surface area contributed by atoms with Gasteiger partial charge in [0.05, 0.1) is 18.7 Å². The molecule has 1 saturated heterocycles.